The number of thiocarbonyl (C=S) groups is 1. The zero-order chi connectivity index (χ0) is 20.5. The third kappa shape index (κ3) is 6.66. The van der Waals surface area contributed by atoms with E-state index in [1.165, 1.54) is 0 Å². The van der Waals surface area contributed by atoms with Crippen molar-refractivity contribution in [2.24, 2.45) is 0 Å². The SMILES string of the molecule is CCOc1cccc(C(=O)NC(=S)Nc2ccc(CCC(=O)N(C)C)cc2)c1. The lowest BCUT2D eigenvalue weighted by atomic mass is 10.1. The summed E-state index contributed by atoms with van der Waals surface area (Å²) >= 11 is 5.22. The van der Waals surface area contributed by atoms with Crippen molar-refractivity contribution in [3.8, 4) is 5.75 Å². The molecule has 0 aliphatic heterocycles. The van der Waals surface area contributed by atoms with Crippen molar-refractivity contribution in [3.05, 3.63) is 59.7 Å². The van der Waals surface area contributed by atoms with Gasteiger partial charge in [0.15, 0.2) is 5.11 Å². The predicted octanol–water partition coefficient (Wildman–Crippen LogP) is 3.23. The lowest BCUT2D eigenvalue weighted by Crippen LogP contribution is -2.34. The maximum atomic E-state index is 12.3. The van der Waals surface area contributed by atoms with Crippen molar-refractivity contribution in [1.82, 2.24) is 10.2 Å². The van der Waals surface area contributed by atoms with E-state index in [4.69, 9.17) is 17.0 Å². The molecule has 2 N–H and O–H groups in total. The van der Waals surface area contributed by atoms with E-state index in [2.05, 4.69) is 10.6 Å². The van der Waals surface area contributed by atoms with Gasteiger partial charge in [0.05, 0.1) is 6.61 Å². The van der Waals surface area contributed by atoms with E-state index >= 15 is 0 Å². The minimum absolute atomic E-state index is 0.0968. The van der Waals surface area contributed by atoms with Crippen LogP contribution in [0, 0.1) is 0 Å². The third-order valence-electron chi connectivity index (χ3n) is 3.97. The Morgan fingerprint density at radius 2 is 1.82 bits per heavy atom. The normalized spacial score (nSPS) is 10.1. The topological polar surface area (TPSA) is 70.7 Å². The molecule has 2 rings (SSSR count). The van der Waals surface area contributed by atoms with Gasteiger partial charge in [-0.1, -0.05) is 18.2 Å². The van der Waals surface area contributed by atoms with Crippen LogP contribution < -0.4 is 15.4 Å². The van der Waals surface area contributed by atoms with E-state index in [-0.39, 0.29) is 16.9 Å². The van der Waals surface area contributed by atoms with Crippen LogP contribution in [0.25, 0.3) is 0 Å². The van der Waals surface area contributed by atoms with E-state index in [1.807, 2.05) is 31.2 Å². The Labute approximate surface area is 170 Å². The molecule has 0 aromatic heterocycles. The Morgan fingerprint density at radius 1 is 1.11 bits per heavy atom. The highest BCUT2D eigenvalue weighted by Gasteiger charge is 2.09. The van der Waals surface area contributed by atoms with Crippen molar-refractivity contribution < 1.29 is 14.3 Å². The molecule has 2 aromatic rings. The number of nitrogens with zero attached hydrogens (tertiary/aromatic N) is 1. The number of aryl methyl sites for hydroxylation is 1. The molecule has 148 valence electrons. The average molecular weight is 400 g/mol. The highest BCUT2D eigenvalue weighted by atomic mass is 32.1. The molecule has 0 saturated heterocycles. The van der Waals surface area contributed by atoms with Gasteiger partial charge in [0, 0.05) is 31.8 Å². The largest absolute Gasteiger partial charge is 0.494 e. The van der Waals surface area contributed by atoms with Crippen LogP contribution in [0.1, 0.15) is 29.3 Å². The van der Waals surface area contributed by atoms with E-state index < -0.39 is 0 Å². The maximum absolute atomic E-state index is 12.3. The minimum atomic E-state index is -0.308. The summed E-state index contributed by atoms with van der Waals surface area (Å²) in [5, 5.41) is 5.85. The van der Waals surface area contributed by atoms with Gasteiger partial charge in [0.25, 0.3) is 5.91 Å². The number of amides is 2. The summed E-state index contributed by atoms with van der Waals surface area (Å²) in [5.74, 6) is 0.426. The van der Waals surface area contributed by atoms with Gasteiger partial charge >= 0.3 is 0 Å². The van der Waals surface area contributed by atoms with Crippen LogP contribution in [-0.4, -0.2) is 42.5 Å². The Balaban J connectivity index is 1.88. The van der Waals surface area contributed by atoms with E-state index in [0.29, 0.717) is 30.8 Å². The first kappa shape index (κ1) is 21.4. The minimum Gasteiger partial charge on any atom is -0.494 e. The molecule has 28 heavy (non-hydrogen) atoms. The molecule has 2 amide bonds. The molecular weight excluding hydrogens is 374 g/mol. The Kier molecular flexibility index (Phi) is 7.95. The number of hydrogen-bond donors (Lipinski definition) is 2. The van der Waals surface area contributed by atoms with Gasteiger partial charge in [-0.15, -0.1) is 0 Å². The second-order valence-corrected chi connectivity index (χ2v) is 6.76. The van der Waals surface area contributed by atoms with Gasteiger partial charge in [-0.25, -0.2) is 0 Å². The summed E-state index contributed by atoms with van der Waals surface area (Å²) in [6, 6.07) is 14.5. The number of benzene rings is 2. The zero-order valence-corrected chi connectivity index (χ0v) is 17.1. The van der Waals surface area contributed by atoms with Crippen LogP contribution in [0.5, 0.6) is 5.75 Å². The van der Waals surface area contributed by atoms with Crippen LogP contribution in [0.4, 0.5) is 5.69 Å². The van der Waals surface area contributed by atoms with Crippen LogP contribution in [0.2, 0.25) is 0 Å². The molecule has 0 heterocycles. The Hall–Kier alpha value is -2.93. The van der Waals surface area contributed by atoms with Gasteiger partial charge in [-0.2, -0.15) is 0 Å². The van der Waals surface area contributed by atoms with Crippen LogP contribution in [-0.2, 0) is 11.2 Å². The molecule has 2 aromatic carbocycles. The summed E-state index contributed by atoms with van der Waals surface area (Å²) in [5.41, 5.74) is 2.29. The monoisotopic (exact) mass is 399 g/mol. The van der Waals surface area contributed by atoms with Crippen molar-refractivity contribution in [3.63, 3.8) is 0 Å². The fraction of sp³-hybridized carbons (Fsp3) is 0.286. The van der Waals surface area contributed by atoms with Crippen LogP contribution in [0.15, 0.2) is 48.5 Å². The lowest BCUT2D eigenvalue weighted by Gasteiger charge is -2.12. The van der Waals surface area contributed by atoms with Crippen LogP contribution >= 0.6 is 12.2 Å². The average Bonchev–Trinajstić information content (AvgIpc) is 2.67. The molecule has 0 aliphatic carbocycles. The quantitative estimate of drug-likeness (QED) is 0.700. The second-order valence-electron chi connectivity index (χ2n) is 6.35. The summed E-state index contributed by atoms with van der Waals surface area (Å²) in [6.45, 7) is 2.42. The molecule has 0 saturated carbocycles. The first-order valence-electron chi connectivity index (χ1n) is 9.03. The van der Waals surface area contributed by atoms with Crippen molar-refractivity contribution in [2.75, 3.05) is 26.0 Å². The van der Waals surface area contributed by atoms with Crippen molar-refractivity contribution >= 4 is 34.8 Å². The number of nitrogens with one attached hydrogen (secondary N) is 2. The van der Waals surface area contributed by atoms with Gasteiger partial charge in [0.1, 0.15) is 5.75 Å². The highest BCUT2D eigenvalue weighted by Crippen LogP contribution is 2.14. The highest BCUT2D eigenvalue weighted by molar-refractivity contribution is 7.80. The first-order chi connectivity index (χ1) is 13.4. The summed E-state index contributed by atoms with van der Waals surface area (Å²) in [6.07, 6.45) is 1.14. The molecule has 0 aliphatic rings. The molecule has 0 unspecified atom stereocenters. The molecular formula is C21H25N3O3S. The Bertz CT molecular complexity index is 835. The number of anilines is 1. The molecule has 0 atom stereocenters. The fourth-order valence-electron chi connectivity index (χ4n) is 2.46. The fourth-order valence-corrected chi connectivity index (χ4v) is 2.67. The van der Waals surface area contributed by atoms with Crippen LogP contribution in [0.3, 0.4) is 0 Å². The first-order valence-corrected chi connectivity index (χ1v) is 9.44. The predicted molar refractivity (Wildman–Crippen MR) is 115 cm³/mol. The van der Waals surface area contributed by atoms with Crippen molar-refractivity contribution in [1.29, 1.82) is 0 Å². The molecule has 0 fully saturated rings. The summed E-state index contributed by atoms with van der Waals surface area (Å²) in [7, 11) is 3.50. The zero-order valence-electron chi connectivity index (χ0n) is 16.3. The van der Waals surface area contributed by atoms with Gasteiger partial charge in [-0.3, -0.25) is 14.9 Å². The van der Waals surface area contributed by atoms with E-state index in [1.54, 1.807) is 43.3 Å². The Morgan fingerprint density at radius 3 is 2.46 bits per heavy atom. The number of hydrogen-bond acceptors (Lipinski definition) is 4. The number of carbonyl (C=O) groups excluding carboxylic acids is 2. The number of rotatable bonds is 7. The maximum Gasteiger partial charge on any atom is 0.257 e. The summed E-state index contributed by atoms with van der Waals surface area (Å²) in [4.78, 5) is 25.6. The van der Waals surface area contributed by atoms with E-state index in [9.17, 15) is 9.59 Å². The molecule has 0 radical (unpaired) electrons. The standard InChI is InChI=1S/C21H25N3O3S/c1-4-27-18-7-5-6-16(14-18)20(26)23-21(28)22-17-11-8-15(9-12-17)10-13-19(25)24(2)3/h5-9,11-12,14H,4,10,13H2,1-3H3,(H2,22,23,26,28). The number of carbonyl (C=O) groups is 2. The van der Waals surface area contributed by atoms with Gasteiger partial charge in [-0.05, 0) is 61.5 Å². The molecule has 6 nitrogen and oxygen atoms in total. The molecule has 0 bridgehead atoms. The second kappa shape index (κ2) is 10.4. The molecule has 0 spiro atoms. The smallest absolute Gasteiger partial charge is 0.257 e. The summed E-state index contributed by atoms with van der Waals surface area (Å²) < 4.78 is 5.40. The van der Waals surface area contributed by atoms with Crippen molar-refractivity contribution in [2.45, 2.75) is 19.8 Å². The van der Waals surface area contributed by atoms with Gasteiger partial charge in [0.2, 0.25) is 5.91 Å². The van der Waals surface area contributed by atoms with Gasteiger partial charge < -0.3 is 15.0 Å². The lowest BCUT2D eigenvalue weighted by molar-refractivity contribution is -0.128. The van der Waals surface area contributed by atoms with E-state index in [0.717, 1.165) is 11.3 Å². The molecule has 7 heteroatoms. The third-order valence-corrected chi connectivity index (χ3v) is 4.18. The number of ether oxygens (including phenoxy) is 1.